The third kappa shape index (κ3) is 4.34. The average Bonchev–Trinajstić information content (AvgIpc) is 3.58. The SMILES string of the molecule is COc1cc([C@H]2c3c(-c4ccccc4O)n[nH]c3C(=O)N2C[C@H]2CCCO2)ccc1OCC(C)C. The Labute approximate surface area is 204 Å². The maximum Gasteiger partial charge on any atom is 0.273 e. The number of H-pyrrole nitrogens is 1. The molecule has 184 valence electrons. The topological polar surface area (TPSA) is 96.9 Å². The molecule has 3 aromatic rings. The fourth-order valence-electron chi connectivity index (χ4n) is 4.85. The fraction of sp³-hybridized carbons (Fsp3) is 0.407. The summed E-state index contributed by atoms with van der Waals surface area (Å²) in [6, 6.07) is 12.4. The lowest BCUT2D eigenvalue weighted by molar-refractivity contribution is 0.0495. The van der Waals surface area contributed by atoms with Gasteiger partial charge in [-0.15, -0.1) is 0 Å². The molecular formula is C27H31N3O5. The van der Waals surface area contributed by atoms with E-state index in [0.717, 1.165) is 24.0 Å². The predicted molar refractivity (Wildman–Crippen MR) is 131 cm³/mol. The highest BCUT2D eigenvalue weighted by Gasteiger charge is 2.44. The highest BCUT2D eigenvalue weighted by Crippen LogP contribution is 2.46. The first-order valence-corrected chi connectivity index (χ1v) is 12.1. The normalized spacial score (nSPS) is 19.4. The summed E-state index contributed by atoms with van der Waals surface area (Å²) in [6.45, 7) is 5.94. The van der Waals surface area contributed by atoms with Gasteiger partial charge in [-0.05, 0) is 48.6 Å². The number of phenolic OH excluding ortho intramolecular Hbond substituents is 1. The quantitative estimate of drug-likeness (QED) is 0.494. The van der Waals surface area contributed by atoms with Crippen LogP contribution >= 0.6 is 0 Å². The largest absolute Gasteiger partial charge is 0.507 e. The lowest BCUT2D eigenvalue weighted by atomic mass is 9.95. The molecule has 3 heterocycles. The number of ether oxygens (including phenoxy) is 3. The van der Waals surface area contributed by atoms with Gasteiger partial charge >= 0.3 is 0 Å². The summed E-state index contributed by atoms with van der Waals surface area (Å²) in [4.78, 5) is 15.4. The van der Waals surface area contributed by atoms with E-state index in [0.29, 0.717) is 54.1 Å². The number of amides is 1. The van der Waals surface area contributed by atoms with Crippen LogP contribution in [0.3, 0.4) is 0 Å². The van der Waals surface area contributed by atoms with E-state index in [2.05, 4.69) is 24.0 Å². The number of nitrogens with one attached hydrogen (secondary N) is 1. The number of hydrogen-bond donors (Lipinski definition) is 2. The standard InChI is InChI=1S/C27H31N3O5/c1-16(2)15-35-21-11-10-17(13-22(21)33-3)26-23-24(19-8-4-5-9-20(19)31)28-29-25(23)27(32)30(26)14-18-7-6-12-34-18/h4-5,8-11,13,16,18,26,31H,6-7,12,14-15H2,1-3H3,(H,28,29)/t18-,26+/m1/s1. The van der Waals surface area contributed by atoms with Crippen LogP contribution in [-0.2, 0) is 4.74 Å². The first kappa shape index (κ1) is 23.2. The fourth-order valence-corrected chi connectivity index (χ4v) is 4.85. The Morgan fingerprint density at radius 1 is 1.23 bits per heavy atom. The number of methoxy groups -OCH3 is 1. The van der Waals surface area contributed by atoms with Crippen LogP contribution in [0.2, 0.25) is 0 Å². The third-order valence-electron chi connectivity index (χ3n) is 6.52. The molecule has 2 aliphatic heterocycles. The molecule has 1 saturated heterocycles. The van der Waals surface area contributed by atoms with Crippen molar-refractivity contribution in [2.24, 2.45) is 5.92 Å². The number of carbonyl (C=O) groups is 1. The lowest BCUT2D eigenvalue weighted by Gasteiger charge is -2.29. The monoisotopic (exact) mass is 477 g/mol. The number of benzene rings is 2. The number of hydrogen-bond acceptors (Lipinski definition) is 6. The van der Waals surface area contributed by atoms with Gasteiger partial charge in [0.15, 0.2) is 11.5 Å². The zero-order valence-electron chi connectivity index (χ0n) is 20.3. The minimum Gasteiger partial charge on any atom is -0.507 e. The molecule has 2 N–H and O–H groups in total. The van der Waals surface area contributed by atoms with Crippen molar-refractivity contribution in [3.8, 4) is 28.5 Å². The Balaban J connectivity index is 1.60. The lowest BCUT2D eigenvalue weighted by Crippen LogP contribution is -2.36. The highest BCUT2D eigenvalue weighted by atomic mass is 16.5. The van der Waals surface area contributed by atoms with Gasteiger partial charge in [0.1, 0.15) is 17.1 Å². The maximum absolute atomic E-state index is 13.6. The average molecular weight is 478 g/mol. The Kier molecular flexibility index (Phi) is 6.38. The smallest absolute Gasteiger partial charge is 0.273 e. The second-order valence-electron chi connectivity index (χ2n) is 9.49. The first-order valence-electron chi connectivity index (χ1n) is 12.1. The van der Waals surface area contributed by atoms with Gasteiger partial charge in [-0.25, -0.2) is 0 Å². The number of para-hydroxylation sites is 1. The van der Waals surface area contributed by atoms with E-state index in [9.17, 15) is 9.90 Å². The zero-order valence-corrected chi connectivity index (χ0v) is 20.3. The van der Waals surface area contributed by atoms with Gasteiger partial charge in [-0.1, -0.05) is 32.0 Å². The molecule has 5 rings (SSSR count). The Bertz CT molecular complexity index is 1220. The van der Waals surface area contributed by atoms with Gasteiger partial charge in [-0.2, -0.15) is 5.10 Å². The van der Waals surface area contributed by atoms with Crippen molar-refractivity contribution in [3.63, 3.8) is 0 Å². The number of aromatic hydroxyl groups is 1. The molecule has 2 aliphatic rings. The number of nitrogens with zero attached hydrogens (tertiary/aromatic N) is 2. The van der Waals surface area contributed by atoms with E-state index < -0.39 is 6.04 Å². The molecule has 0 spiro atoms. The summed E-state index contributed by atoms with van der Waals surface area (Å²) in [5.74, 6) is 1.62. The minimum absolute atomic E-state index is 0.0115. The summed E-state index contributed by atoms with van der Waals surface area (Å²) in [5.41, 5.74) is 3.19. The number of carbonyl (C=O) groups excluding carboxylic acids is 1. The summed E-state index contributed by atoms with van der Waals surface area (Å²) in [7, 11) is 1.61. The van der Waals surface area contributed by atoms with Crippen molar-refractivity contribution >= 4 is 5.91 Å². The van der Waals surface area contributed by atoms with Gasteiger partial charge in [-0.3, -0.25) is 9.89 Å². The molecule has 0 aliphatic carbocycles. The Morgan fingerprint density at radius 3 is 2.77 bits per heavy atom. The molecule has 1 amide bonds. The molecule has 8 nitrogen and oxygen atoms in total. The number of aromatic nitrogens is 2. The van der Waals surface area contributed by atoms with Gasteiger partial charge in [0.25, 0.3) is 5.91 Å². The van der Waals surface area contributed by atoms with Crippen LogP contribution in [0, 0.1) is 5.92 Å². The summed E-state index contributed by atoms with van der Waals surface area (Å²) < 4.78 is 17.5. The van der Waals surface area contributed by atoms with Crippen LogP contribution < -0.4 is 9.47 Å². The van der Waals surface area contributed by atoms with Crippen molar-refractivity contribution in [1.82, 2.24) is 15.1 Å². The van der Waals surface area contributed by atoms with Crippen LogP contribution in [-0.4, -0.2) is 59.1 Å². The van der Waals surface area contributed by atoms with Crippen LogP contribution in [0.15, 0.2) is 42.5 Å². The zero-order chi connectivity index (χ0) is 24.5. The van der Waals surface area contributed by atoms with E-state index in [-0.39, 0.29) is 17.8 Å². The Morgan fingerprint density at radius 2 is 2.06 bits per heavy atom. The van der Waals surface area contributed by atoms with Gasteiger partial charge in [0.05, 0.1) is 25.9 Å². The highest BCUT2D eigenvalue weighted by molar-refractivity contribution is 6.00. The van der Waals surface area contributed by atoms with Crippen LogP contribution in [0.1, 0.15) is 54.3 Å². The Hall–Kier alpha value is -3.52. The predicted octanol–water partition coefficient (Wildman–Crippen LogP) is 4.55. The third-order valence-corrected chi connectivity index (χ3v) is 6.52. The van der Waals surface area contributed by atoms with Gasteiger partial charge in [0, 0.05) is 24.3 Å². The second kappa shape index (κ2) is 9.62. The molecule has 0 bridgehead atoms. The molecule has 2 aromatic carbocycles. The summed E-state index contributed by atoms with van der Waals surface area (Å²) >= 11 is 0. The molecule has 1 aromatic heterocycles. The van der Waals surface area contributed by atoms with Gasteiger partial charge in [0.2, 0.25) is 0 Å². The molecule has 0 saturated carbocycles. The van der Waals surface area contributed by atoms with E-state index in [1.165, 1.54) is 0 Å². The van der Waals surface area contributed by atoms with Crippen molar-refractivity contribution in [2.45, 2.75) is 38.8 Å². The van der Waals surface area contributed by atoms with Crippen molar-refractivity contribution in [1.29, 1.82) is 0 Å². The minimum atomic E-state index is -0.414. The van der Waals surface area contributed by atoms with Crippen LogP contribution in [0.4, 0.5) is 0 Å². The van der Waals surface area contributed by atoms with Crippen molar-refractivity contribution in [3.05, 3.63) is 59.3 Å². The molecule has 0 unspecified atom stereocenters. The van der Waals surface area contributed by atoms with Crippen LogP contribution in [0.5, 0.6) is 17.2 Å². The van der Waals surface area contributed by atoms with E-state index in [4.69, 9.17) is 14.2 Å². The maximum atomic E-state index is 13.6. The van der Waals surface area contributed by atoms with E-state index in [1.807, 2.05) is 29.2 Å². The number of phenols is 1. The molecular weight excluding hydrogens is 446 g/mol. The van der Waals surface area contributed by atoms with Crippen molar-refractivity contribution < 1.29 is 24.1 Å². The number of fused-ring (bicyclic) bond motifs is 1. The van der Waals surface area contributed by atoms with E-state index >= 15 is 0 Å². The molecule has 35 heavy (non-hydrogen) atoms. The molecule has 1 fully saturated rings. The molecule has 0 radical (unpaired) electrons. The van der Waals surface area contributed by atoms with Crippen molar-refractivity contribution in [2.75, 3.05) is 26.9 Å². The van der Waals surface area contributed by atoms with Gasteiger partial charge < -0.3 is 24.2 Å². The first-order chi connectivity index (χ1) is 17.0. The molecule has 8 heteroatoms. The van der Waals surface area contributed by atoms with Crippen LogP contribution in [0.25, 0.3) is 11.3 Å². The number of rotatable bonds is 8. The molecule has 2 atom stereocenters. The second-order valence-corrected chi connectivity index (χ2v) is 9.49. The number of aromatic amines is 1. The van der Waals surface area contributed by atoms with E-state index in [1.54, 1.807) is 25.3 Å². The summed E-state index contributed by atoms with van der Waals surface area (Å²) in [6.07, 6.45) is 1.89. The summed E-state index contributed by atoms with van der Waals surface area (Å²) in [5, 5.41) is 17.9.